The minimum absolute atomic E-state index is 0.00105. The van der Waals surface area contributed by atoms with Crippen LogP contribution in [0.4, 0.5) is 0 Å². The van der Waals surface area contributed by atoms with Crippen LogP contribution in [0.1, 0.15) is 45.2 Å². The molecular formula is C14H21BrN2OS. The number of pyridine rings is 1. The summed E-state index contributed by atoms with van der Waals surface area (Å²) in [7, 11) is -1.11. The van der Waals surface area contributed by atoms with Crippen LogP contribution in [0.3, 0.4) is 0 Å². The summed E-state index contributed by atoms with van der Waals surface area (Å²) in [6, 6.07) is 3.89. The summed E-state index contributed by atoms with van der Waals surface area (Å²) in [6.45, 7) is 9.62. The first kappa shape index (κ1) is 16.5. The van der Waals surface area contributed by atoms with E-state index >= 15 is 0 Å². The second-order valence-corrected chi connectivity index (χ2v) is 8.05. The van der Waals surface area contributed by atoms with E-state index in [1.807, 2.05) is 39.0 Å². The molecule has 0 aliphatic carbocycles. The molecule has 0 aromatic carbocycles. The van der Waals surface area contributed by atoms with Crippen LogP contribution >= 0.6 is 15.9 Å². The molecule has 0 amide bonds. The monoisotopic (exact) mass is 344 g/mol. The molecule has 0 saturated heterocycles. The van der Waals surface area contributed by atoms with Gasteiger partial charge in [-0.1, -0.05) is 12.1 Å². The predicted molar refractivity (Wildman–Crippen MR) is 85.1 cm³/mol. The zero-order valence-corrected chi connectivity index (χ0v) is 14.1. The number of hydrogen-bond acceptors (Lipinski definition) is 2. The molecule has 0 saturated carbocycles. The molecule has 2 unspecified atom stereocenters. The van der Waals surface area contributed by atoms with Gasteiger partial charge in [0.15, 0.2) is 0 Å². The lowest BCUT2D eigenvalue weighted by molar-refractivity contribution is 0.572. The number of nitrogens with zero attached hydrogens (tertiary/aromatic N) is 1. The molecule has 0 spiro atoms. The van der Waals surface area contributed by atoms with Crippen LogP contribution in [0, 0.1) is 0 Å². The van der Waals surface area contributed by atoms with E-state index in [0.717, 1.165) is 23.0 Å². The molecule has 1 aromatic heterocycles. The Kier molecular flexibility index (Phi) is 6.36. The smallest absolute Gasteiger partial charge is 0.110 e. The van der Waals surface area contributed by atoms with E-state index in [1.165, 1.54) is 0 Å². The van der Waals surface area contributed by atoms with Crippen molar-refractivity contribution in [1.29, 1.82) is 0 Å². The van der Waals surface area contributed by atoms with Gasteiger partial charge in [-0.15, -0.1) is 6.58 Å². The fourth-order valence-corrected chi connectivity index (χ4v) is 2.91. The highest BCUT2D eigenvalue weighted by Gasteiger charge is 2.24. The third-order valence-corrected chi connectivity index (χ3v) is 4.90. The average Bonchev–Trinajstić information content (AvgIpc) is 2.34. The van der Waals surface area contributed by atoms with Crippen molar-refractivity contribution in [1.82, 2.24) is 9.71 Å². The minimum Gasteiger partial charge on any atom is -0.249 e. The first-order valence-electron chi connectivity index (χ1n) is 6.25. The van der Waals surface area contributed by atoms with Crippen molar-refractivity contribution in [2.75, 3.05) is 0 Å². The fourth-order valence-electron chi connectivity index (χ4n) is 1.53. The average molecular weight is 345 g/mol. The van der Waals surface area contributed by atoms with Gasteiger partial charge in [-0.25, -0.2) is 13.9 Å². The van der Waals surface area contributed by atoms with Crippen molar-refractivity contribution in [3.05, 3.63) is 41.2 Å². The van der Waals surface area contributed by atoms with E-state index in [1.54, 1.807) is 6.20 Å². The normalized spacial score (nSPS) is 14.9. The molecule has 0 bridgehead atoms. The van der Waals surface area contributed by atoms with Gasteiger partial charge in [0.05, 0.1) is 15.7 Å². The minimum atomic E-state index is -1.11. The van der Waals surface area contributed by atoms with Gasteiger partial charge >= 0.3 is 0 Å². The number of aromatic nitrogens is 1. The van der Waals surface area contributed by atoms with E-state index in [9.17, 15) is 4.21 Å². The Bertz CT molecular complexity index is 457. The van der Waals surface area contributed by atoms with E-state index < -0.39 is 11.0 Å². The molecule has 1 N–H and O–H groups in total. The van der Waals surface area contributed by atoms with Crippen molar-refractivity contribution < 1.29 is 4.21 Å². The number of hydrogen-bond donors (Lipinski definition) is 1. The SMILES string of the molecule is C=CCCC(NS(=O)C(C)(C)C)c1cccnc1Br. The molecular weight excluding hydrogens is 324 g/mol. The van der Waals surface area contributed by atoms with Crippen molar-refractivity contribution in [3.8, 4) is 0 Å². The Morgan fingerprint density at radius 2 is 2.26 bits per heavy atom. The maximum atomic E-state index is 12.3. The van der Waals surface area contributed by atoms with E-state index in [-0.39, 0.29) is 10.8 Å². The number of nitrogens with one attached hydrogen (secondary N) is 1. The maximum Gasteiger partial charge on any atom is 0.110 e. The molecule has 0 fully saturated rings. The number of rotatable bonds is 6. The topological polar surface area (TPSA) is 42.0 Å². The molecule has 0 aliphatic rings. The first-order valence-corrected chi connectivity index (χ1v) is 8.20. The molecule has 2 atom stereocenters. The van der Waals surface area contributed by atoms with Crippen molar-refractivity contribution in [3.63, 3.8) is 0 Å². The second-order valence-electron chi connectivity index (χ2n) is 5.30. The number of allylic oxidation sites excluding steroid dienone is 1. The zero-order chi connectivity index (χ0) is 14.5. The molecule has 5 heteroatoms. The van der Waals surface area contributed by atoms with Gasteiger partial charge in [0.2, 0.25) is 0 Å². The van der Waals surface area contributed by atoms with Gasteiger partial charge in [0.25, 0.3) is 0 Å². The van der Waals surface area contributed by atoms with Crippen LogP contribution in [0.25, 0.3) is 0 Å². The van der Waals surface area contributed by atoms with Crippen LogP contribution in [-0.4, -0.2) is 13.9 Å². The predicted octanol–water partition coefficient (Wildman–Crippen LogP) is 3.90. The highest BCUT2D eigenvalue weighted by atomic mass is 79.9. The third kappa shape index (κ3) is 5.16. The maximum absolute atomic E-state index is 12.3. The molecule has 106 valence electrons. The Morgan fingerprint density at radius 1 is 1.58 bits per heavy atom. The van der Waals surface area contributed by atoms with Crippen LogP contribution in [0.15, 0.2) is 35.6 Å². The Labute approximate surface area is 126 Å². The van der Waals surface area contributed by atoms with Gasteiger partial charge in [-0.3, -0.25) is 0 Å². The van der Waals surface area contributed by atoms with Crippen LogP contribution in [-0.2, 0) is 11.0 Å². The van der Waals surface area contributed by atoms with Crippen LogP contribution in [0.5, 0.6) is 0 Å². The number of halogens is 1. The van der Waals surface area contributed by atoms with Gasteiger partial charge in [-0.2, -0.15) is 0 Å². The molecule has 1 heterocycles. The molecule has 19 heavy (non-hydrogen) atoms. The standard InChI is InChI=1S/C14H21BrN2OS/c1-5-6-9-12(17-19(18)14(2,3)4)11-8-7-10-16-13(11)15/h5,7-8,10,12,17H,1,6,9H2,2-4H3. The molecule has 0 aliphatic heterocycles. The van der Waals surface area contributed by atoms with E-state index in [0.29, 0.717) is 0 Å². The third-order valence-electron chi connectivity index (χ3n) is 2.63. The van der Waals surface area contributed by atoms with Crippen molar-refractivity contribution >= 4 is 26.9 Å². The zero-order valence-electron chi connectivity index (χ0n) is 11.6. The Balaban J connectivity index is 2.93. The van der Waals surface area contributed by atoms with Gasteiger partial charge in [-0.05, 0) is 55.6 Å². The lowest BCUT2D eigenvalue weighted by Crippen LogP contribution is -2.36. The summed E-state index contributed by atoms with van der Waals surface area (Å²) in [5, 5.41) is 0. The second kappa shape index (κ2) is 7.31. The first-order chi connectivity index (χ1) is 8.86. The summed E-state index contributed by atoms with van der Waals surface area (Å²) in [5.74, 6) is 0. The molecule has 1 rings (SSSR count). The van der Waals surface area contributed by atoms with Gasteiger partial charge in [0, 0.05) is 17.8 Å². The van der Waals surface area contributed by atoms with Crippen LogP contribution < -0.4 is 4.72 Å². The van der Waals surface area contributed by atoms with Crippen LogP contribution in [0.2, 0.25) is 0 Å². The quantitative estimate of drug-likeness (QED) is 0.628. The lowest BCUT2D eigenvalue weighted by Gasteiger charge is -2.24. The Hall–Kier alpha value is -0.520. The lowest BCUT2D eigenvalue weighted by atomic mass is 10.1. The molecule has 3 nitrogen and oxygen atoms in total. The summed E-state index contributed by atoms with van der Waals surface area (Å²) in [5.41, 5.74) is 1.03. The molecule has 0 radical (unpaired) electrons. The van der Waals surface area contributed by atoms with Gasteiger partial charge < -0.3 is 0 Å². The summed E-state index contributed by atoms with van der Waals surface area (Å²) in [6.07, 6.45) is 5.31. The van der Waals surface area contributed by atoms with Crippen molar-refractivity contribution in [2.45, 2.75) is 44.4 Å². The van der Waals surface area contributed by atoms with Crippen molar-refractivity contribution in [2.24, 2.45) is 0 Å². The fraction of sp³-hybridized carbons (Fsp3) is 0.500. The van der Waals surface area contributed by atoms with E-state index in [4.69, 9.17) is 0 Å². The Morgan fingerprint density at radius 3 is 2.79 bits per heavy atom. The van der Waals surface area contributed by atoms with Gasteiger partial charge in [0.1, 0.15) is 4.60 Å². The summed E-state index contributed by atoms with van der Waals surface area (Å²) >= 11 is 3.45. The highest BCUT2D eigenvalue weighted by Crippen LogP contribution is 2.26. The largest absolute Gasteiger partial charge is 0.249 e. The van der Waals surface area contributed by atoms with E-state index in [2.05, 4.69) is 32.2 Å². The molecule has 1 aromatic rings. The summed E-state index contributed by atoms with van der Waals surface area (Å²) < 4.78 is 16.0. The highest BCUT2D eigenvalue weighted by molar-refractivity contribution is 9.10. The summed E-state index contributed by atoms with van der Waals surface area (Å²) in [4.78, 5) is 4.23.